The maximum absolute atomic E-state index is 13.4. The monoisotopic (exact) mass is 231 g/mol. The topological polar surface area (TPSA) is 41.3 Å². The van der Waals surface area contributed by atoms with Gasteiger partial charge in [-0.1, -0.05) is 12.2 Å². The maximum atomic E-state index is 13.4. The molecule has 0 aliphatic carbocycles. The Morgan fingerprint density at radius 3 is 2.40 bits per heavy atom. The third kappa shape index (κ3) is 2.60. The molecule has 3 nitrogen and oxygen atoms in total. The van der Waals surface area contributed by atoms with Gasteiger partial charge in [-0.25, -0.2) is 13.8 Å². The molecule has 1 rings (SSSR count). The van der Waals surface area contributed by atoms with Crippen LogP contribution in [0.2, 0.25) is 0 Å². The van der Waals surface area contributed by atoms with E-state index in [9.17, 15) is 8.78 Å². The number of benzene rings is 1. The Hall–Kier alpha value is -1.27. The molecule has 0 saturated heterocycles. The lowest BCUT2D eigenvalue weighted by molar-refractivity contribution is 0.471. The second-order valence-electron chi connectivity index (χ2n) is 3.16. The molecule has 0 spiro atoms. The van der Waals surface area contributed by atoms with E-state index >= 15 is 0 Å². The summed E-state index contributed by atoms with van der Waals surface area (Å²) in [6.45, 7) is 0. The Morgan fingerprint density at radius 2 is 1.93 bits per heavy atom. The highest BCUT2D eigenvalue weighted by Gasteiger charge is 2.14. The standard InChI is InChI=1S/C9H11F2N3S/c1-14(2)13-6-4-3-5(9(12)15)7(10)8(6)11/h3-4,13H,1-2H3,(H2,12,15). The summed E-state index contributed by atoms with van der Waals surface area (Å²) < 4.78 is 26.8. The molecule has 0 amide bonds. The molecule has 1 aromatic rings. The van der Waals surface area contributed by atoms with E-state index in [0.29, 0.717) is 0 Å². The van der Waals surface area contributed by atoms with Gasteiger partial charge in [-0.05, 0) is 12.1 Å². The van der Waals surface area contributed by atoms with Crippen LogP contribution < -0.4 is 11.2 Å². The molecule has 3 N–H and O–H groups in total. The second kappa shape index (κ2) is 4.50. The van der Waals surface area contributed by atoms with Gasteiger partial charge in [0.1, 0.15) is 4.99 Å². The van der Waals surface area contributed by atoms with Crippen LogP contribution in [0, 0.1) is 11.6 Å². The van der Waals surface area contributed by atoms with E-state index < -0.39 is 11.6 Å². The molecule has 1 aromatic carbocycles. The molecule has 0 saturated carbocycles. The smallest absolute Gasteiger partial charge is 0.183 e. The lowest BCUT2D eigenvalue weighted by atomic mass is 10.2. The minimum absolute atomic E-state index is 0.0394. The molecular weight excluding hydrogens is 220 g/mol. The molecule has 6 heteroatoms. The number of halogens is 2. The van der Waals surface area contributed by atoms with E-state index in [1.54, 1.807) is 14.1 Å². The highest BCUT2D eigenvalue weighted by molar-refractivity contribution is 7.80. The van der Waals surface area contributed by atoms with Crippen LogP contribution in [0.4, 0.5) is 14.5 Å². The molecule has 0 heterocycles. The fraction of sp³-hybridized carbons (Fsp3) is 0.222. The summed E-state index contributed by atoms with van der Waals surface area (Å²) >= 11 is 4.58. The van der Waals surface area contributed by atoms with Crippen LogP contribution in [-0.2, 0) is 0 Å². The zero-order chi connectivity index (χ0) is 11.6. The van der Waals surface area contributed by atoms with Crippen LogP contribution >= 0.6 is 12.2 Å². The number of nitrogens with zero attached hydrogens (tertiary/aromatic N) is 1. The molecule has 0 atom stereocenters. The fourth-order valence-corrected chi connectivity index (χ4v) is 1.22. The number of nitrogens with two attached hydrogens (primary N) is 1. The van der Waals surface area contributed by atoms with Gasteiger partial charge in [0.25, 0.3) is 0 Å². The summed E-state index contributed by atoms with van der Waals surface area (Å²) in [6, 6.07) is 2.72. The van der Waals surface area contributed by atoms with E-state index in [4.69, 9.17) is 5.73 Å². The quantitative estimate of drug-likeness (QED) is 0.611. The second-order valence-corrected chi connectivity index (χ2v) is 3.60. The van der Waals surface area contributed by atoms with Crippen LogP contribution in [0.25, 0.3) is 0 Å². The average Bonchev–Trinajstić information content (AvgIpc) is 2.12. The zero-order valence-corrected chi connectivity index (χ0v) is 9.16. The summed E-state index contributed by atoms with van der Waals surface area (Å²) in [5, 5.41) is 1.50. The van der Waals surface area contributed by atoms with Crippen molar-refractivity contribution in [3.63, 3.8) is 0 Å². The van der Waals surface area contributed by atoms with Crippen molar-refractivity contribution in [1.29, 1.82) is 0 Å². The van der Waals surface area contributed by atoms with Gasteiger partial charge in [-0.15, -0.1) is 0 Å². The van der Waals surface area contributed by atoms with Gasteiger partial charge in [-0.2, -0.15) is 0 Å². The predicted molar refractivity (Wildman–Crippen MR) is 59.6 cm³/mol. The van der Waals surface area contributed by atoms with Crippen LogP contribution in [0.15, 0.2) is 12.1 Å². The van der Waals surface area contributed by atoms with Gasteiger partial charge in [0.15, 0.2) is 11.6 Å². The molecule has 82 valence electrons. The summed E-state index contributed by atoms with van der Waals surface area (Å²) in [7, 11) is 3.33. The average molecular weight is 231 g/mol. The Kier molecular flexibility index (Phi) is 3.54. The van der Waals surface area contributed by atoms with Crippen molar-refractivity contribution in [2.24, 2.45) is 5.73 Å². The van der Waals surface area contributed by atoms with Crippen LogP contribution in [0.5, 0.6) is 0 Å². The SMILES string of the molecule is CN(C)Nc1ccc(C(N)=S)c(F)c1F. The lowest BCUT2D eigenvalue weighted by Gasteiger charge is -2.15. The number of hydrogen-bond acceptors (Lipinski definition) is 3. The van der Waals surface area contributed by atoms with Gasteiger partial charge < -0.3 is 11.2 Å². The number of nitrogens with one attached hydrogen (secondary N) is 1. The van der Waals surface area contributed by atoms with Crippen molar-refractivity contribution in [3.05, 3.63) is 29.3 Å². The minimum atomic E-state index is -1.03. The van der Waals surface area contributed by atoms with Crippen molar-refractivity contribution in [2.75, 3.05) is 19.5 Å². The van der Waals surface area contributed by atoms with Crippen LogP contribution in [0.1, 0.15) is 5.56 Å². The van der Waals surface area contributed by atoms with E-state index in [1.165, 1.54) is 17.1 Å². The molecular formula is C9H11F2N3S. The van der Waals surface area contributed by atoms with Gasteiger partial charge in [-0.3, -0.25) is 0 Å². The Labute approximate surface area is 91.8 Å². The summed E-state index contributed by atoms with van der Waals surface area (Å²) in [4.78, 5) is -0.164. The van der Waals surface area contributed by atoms with Crippen molar-refractivity contribution in [1.82, 2.24) is 5.01 Å². The molecule has 0 bridgehead atoms. The van der Waals surface area contributed by atoms with Gasteiger partial charge in [0.2, 0.25) is 0 Å². The van der Waals surface area contributed by atoms with Crippen molar-refractivity contribution in [3.8, 4) is 0 Å². The van der Waals surface area contributed by atoms with Gasteiger partial charge >= 0.3 is 0 Å². The lowest BCUT2D eigenvalue weighted by Crippen LogP contribution is -2.21. The number of anilines is 1. The largest absolute Gasteiger partial charge is 0.389 e. The van der Waals surface area contributed by atoms with Crippen molar-refractivity contribution in [2.45, 2.75) is 0 Å². The molecule has 0 radical (unpaired) electrons. The molecule has 0 aliphatic heterocycles. The highest BCUT2D eigenvalue weighted by Crippen LogP contribution is 2.20. The van der Waals surface area contributed by atoms with Gasteiger partial charge in [0, 0.05) is 19.7 Å². The van der Waals surface area contributed by atoms with E-state index in [0.717, 1.165) is 0 Å². The summed E-state index contributed by atoms with van der Waals surface area (Å²) in [5.74, 6) is -2.02. The minimum Gasteiger partial charge on any atom is -0.389 e. The Morgan fingerprint density at radius 1 is 1.33 bits per heavy atom. The predicted octanol–water partition coefficient (Wildman–Crippen LogP) is 1.49. The molecule has 0 aliphatic rings. The van der Waals surface area contributed by atoms with Crippen LogP contribution in [-0.4, -0.2) is 24.1 Å². The van der Waals surface area contributed by atoms with E-state index in [1.807, 2.05) is 0 Å². The van der Waals surface area contributed by atoms with Crippen molar-refractivity contribution >= 4 is 22.9 Å². The maximum Gasteiger partial charge on any atom is 0.183 e. The van der Waals surface area contributed by atoms with Crippen LogP contribution in [0.3, 0.4) is 0 Å². The highest BCUT2D eigenvalue weighted by atomic mass is 32.1. The van der Waals surface area contributed by atoms with E-state index in [-0.39, 0.29) is 16.2 Å². The Balaban J connectivity index is 3.15. The molecule has 15 heavy (non-hydrogen) atoms. The molecule has 0 fully saturated rings. The summed E-state index contributed by atoms with van der Waals surface area (Å²) in [6.07, 6.45) is 0. The normalized spacial score (nSPS) is 10.5. The number of hydrogen-bond donors (Lipinski definition) is 2. The first-order chi connectivity index (χ1) is 6.93. The molecule has 0 unspecified atom stereocenters. The summed E-state index contributed by atoms with van der Waals surface area (Å²) in [5.41, 5.74) is 7.79. The Bertz CT molecular complexity index is 393. The number of hydrazine groups is 1. The van der Waals surface area contributed by atoms with Crippen molar-refractivity contribution < 1.29 is 8.78 Å². The first-order valence-electron chi connectivity index (χ1n) is 4.15. The van der Waals surface area contributed by atoms with E-state index in [2.05, 4.69) is 17.6 Å². The fourth-order valence-electron chi connectivity index (χ4n) is 1.07. The third-order valence-electron chi connectivity index (χ3n) is 1.69. The number of thiocarbonyl (C=S) groups is 1. The first-order valence-corrected chi connectivity index (χ1v) is 4.56. The zero-order valence-electron chi connectivity index (χ0n) is 8.34. The number of rotatable bonds is 3. The third-order valence-corrected chi connectivity index (χ3v) is 1.91. The molecule has 0 aromatic heterocycles. The van der Waals surface area contributed by atoms with Gasteiger partial charge in [0.05, 0.1) is 5.69 Å². The first kappa shape index (κ1) is 11.8.